The van der Waals surface area contributed by atoms with E-state index in [4.69, 9.17) is 4.74 Å². The normalized spacial score (nSPS) is 12.4. The number of aromatic nitrogens is 3. The van der Waals surface area contributed by atoms with Gasteiger partial charge in [-0.15, -0.1) is 0 Å². The minimum absolute atomic E-state index is 0.264. The van der Waals surface area contributed by atoms with E-state index in [1.165, 1.54) is 6.07 Å². The number of nitrogens with one attached hydrogen (secondary N) is 1. The van der Waals surface area contributed by atoms with Crippen LogP contribution in [0.1, 0.15) is 42.0 Å². The number of hydrogen-bond acceptors (Lipinski definition) is 5. The fraction of sp³-hybridized carbons (Fsp3) is 0.381. The van der Waals surface area contributed by atoms with Crippen molar-refractivity contribution in [1.29, 1.82) is 0 Å². The lowest BCUT2D eigenvalue weighted by Crippen LogP contribution is -2.22. The van der Waals surface area contributed by atoms with Gasteiger partial charge in [0.15, 0.2) is 0 Å². The number of halogens is 3. The van der Waals surface area contributed by atoms with E-state index in [2.05, 4.69) is 15.4 Å². The Balaban J connectivity index is 1.95. The highest BCUT2D eigenvalue weighted by molar-refractivity contribution is 6.04. The molecule has 7 nitrogen and oxygen atoms in total. The summed E-state index contributed by atoms with van der Waals surface area (Å²) in [4.78, 5) is 16.0. The molecule has 0 aliphatic rings. The predicted molar refractivity (Wildman–Crippen MR) is 109 cm³/mol. The first-order chi connectivity index (χ1) is 14.5. The summed E-state index contributed by atoms with van der Waals surface area (Å²) in [7, 11) is 1.61. The van der Waals surface area contributed by atoms with Crippen LogP contribution in [0, 0.1) is 0 Å². The molecule has 0 saturated heterocycles. The molecule has 1 amide bonds. The van der Waals surface area contributed by atoms with E-state index in [1.807, 2.05) is 0 Å². The number of nitrogens with zero attached hydrogens (tertiary/aromatic N) is 3. The number of amides is 1. The van der Waals surface area contributed by atoms with Crippen LogP contribution in [-0.4, -0.2) is 39.5 Å². The van der Waals surface area contributed by atoms with Crippen molar-refractivity contribution in [2.24, 2.45) is 0 Å². The number of aliphatic hydroxyl groups is 1. The first kappa shape index (κ1) is 22.7. The number of pyridine rings is 1. The highest BCUT2D eigenvalue weighted by atomic mass is 19.4. The second kappa shape index (κ2) is 8.64. The minimum Gasteiger partial charge on any atom is -0.386 e. The van der Waals surface area contributed by atoms with Crippen molar-refractivity contribution in [2.75, 3.05) is 19.0 Å². The van der Waals surface area contributed by atoms with Crippen LogP contribution in [0.3, 0.4) is 0 Å². The second-order valence-electron chi connectivity index (χ2n) is 7.61. The van der Waals surface area contributed by atoms with E-state index in [0.29, 0.717) is 29.6 Å². The van der Waals surface area contributed by atoms with Gasteiger partial charge in [-0.1, -0.05) is 6.07 Å². The van der Waals surface area contributed by atoms with Crippen LogP contribution in [0.5, 0.6) is 0 Å². The average Bonchev–Trinajstić information content (AvgIpc) is 3.08. The molecule has 0 saturated carbocycles. The molecule has 31 heavy (non-hydrogen) atoms. The lowest BCUT2D eigenvalue weighted by Gasteiger charge is -2.22. The number of benzene rings is 1. The van der Waals surface area contributed by atoms with Crippen molar-refractivity contribution >= 4 is 22.5 Å². The van der Waals surface area contributed by atoms with Gasteiger partial charge in [-0.05, 0) is 44.5 Å². The number of carbonyl (C=O) groups is 1. The topological polar surface area (TPSA) is 89.3 Å². The Morgan fingerprint density at radius 2 is 2.00 bits per heavy atom. The molecule has 2 aromatic heterocycles. The predicted octanol–water partition coefficient (Wildman–Crippen LogP) is 3.97. The van der Waals surface area contributed by atoms with Crippen LogP contribution in [0.25, 0.3) is 10.9 Å². The van der Waals surface area contributed by atoms with Crippen molar-refractivity contribution in [3.63, 3.8) is 0 Å². The summed E-state index contributed by atoms with van der Waals surface area (Å²) in [6.07, 6.45) is -2.12. The zero-order chi connectivity index (χ0) is 22.8. The minimum atomic E-state index is -4.66. The quantitative estimate of drug-likeness (QED) is 0.547. The van der Waals surface area contributed by atoms with Gasteiger partial charge in [-0.3, -0.25) is 9.48 Å². The number of aryl methyl sites for hydroxylation is 1. The molecule has 2 N–H and O–H groups in total. The van der Waals surface area contributed by atoms with Crippen LogP contribution in [0.15, 0.2) is 36.5 Å². The van der Waals surface area contributed by atoms with Gasteiger partial charge in [-0.2, -0.15) is 18.3 Å². The van der Waals surface area contributed by atoms with Gasteiger partial charge in [0.1, 0.15) is 11.4 Å². The smallest absolute Gasteiger partial charge is 0.386 e. The number of hydrogen-bond donors (Lipinski definition) is 2. The first-order valence-electron chi connectivity index (χ1n) is 9.57. The van der Waals surface area contributed by atoms with Gasteiger partial charge in [0, 0.05) is 43.1 Å². The van der Waals surface area contributed by atoms with Gasteiger partial charge in [-0.25, -0.2) is 4.98 Å². The largest absolute Gasteiger partial charge is 0.433 e. The van der Waals surface area contributed by atoms with Crippen molar-refractivity contribution < 1.29 is 27.8 Å². The molecule has 0 radical (unpaired) electrons. The van der Waals surface area contributed by atoms with E-state index >= 15 is 0 Å². The maximum Gasteiger partial charge on any atom is 0.433 e. The molecule has 1 aromatic carbocycles. The number of rotatable bonds is 7. The third-order valence-corrected chi connectivity index (χ3v) is 4.61. The molecule has 10 heteroatoms. The molecule has 0 aliphatic heterocycles. The fourth-order valence-corrected chi connectivity index (χ4v) is 3.12. The molecule has 0 fully saturated rings. The standard InChI is InChI=1S/C21H23F3N4O3/c1-20(2,30)14-11-16-13(12-28(27-16)8-5-9-31-3)10-17(14)26-19(29)15-6-4-7-18(25-15)21(22,23)24/h4,6-7,10-12,30H,5,8-9H2,1-3H3,(H,26,29). The summed E-state index contributed by atoms with van der Waals surface area (Å²) in [5, 5.41) is 18.3. The van der Waals surface area contributed by atoms with Gasteiger partial charge < -0.3 is 15.2 Å². The molecule has 0 spiro atoms. The maximum absolute atomic E-state index is 12.9. The maximum atomic E-state index is 12.9. The number of alkyl halides is 3. The fourth-order valence-electron chi connectivity index (χ4n) is 3.12. The number of fused-ring (bicyclic) bond motifs is 1. The zero-order valence-corrected chi connectivity index (χ0v) is 17.3. The van der Waals surface area contributed by atoms with Crippen LogP contribution >= 0.6 is 0 Å². The van der Waals surface area contributed by atoms with Gasteiger partial charge in [0.05, 0.1) is 11.1 Å². The number of carbonyl (C=O) groups excluding carboxylic acids is 1. The molecule has 2 heterocycles. The highest BCUT2D eigenvalue weighted by Gasteiger charge is 2.33. The van der Waals surface area contributed by atoms with Crippen LogP contribution < -0.4 is 5.32 Å². The SMILES string of the molecule is COCCCn1cc2cc(NC(=O)c3cccc(C(F)(F)F)n3)c(C(C)(C)O)cc2n1. The summed E-state index contributed by atoms with van der Waals surface area (Å²) in [6.45, 7) is 4.29. The molecular weight excluding hydrogens is 413 g/mol. The molecule has 3 rings (SSSR count). The summed E-state index contributed by atoms with van der Waals surface area (Å²) in [5.41, 5.74) is -1.62. The van der Waals surface area contributed by atoms with Gasteiger partial charge in [0.2, 0.25) is 0 Å². The molecule has 0 bridgehead atoms. The van der Waals surface area contributed by atoms with E-state index < -0.39 is 23.4 Å². The van der Waals surface area contributed by atoms with Crippen molar-refractivity contribution in [3.05, 3.63) is 53.5 Å². The van der Waals surface area contributed by atoms with E-state index in [1.54, 1.807) is 44.0 Å². The Labute approximate surface area is 176 Å². The third kappa shape index (κ3) is 5.39. The van der Waals surface area contributed by atoms with Crippen LogP contribution in [0.4, 0.5) is 18.9 Å². The van der Waals surface area contributed by atoms with Crippen molar-refractivity contribution in [2.45, 2.75) is 38.6 Å². The zero-order valence-electron chi connectivity index (χ0n) is 17.3. The van der Waals surface area contributed by atoms with Gasteiger partial charge >= 0.3 is 6.18 Å². The number of methoxy groups -OCH3 is 1. The van der Waals surface area contributed by atoms with Crippen LogP contribution in [-0.2, 0) is 23.1 Å². The summed E-state index contributed by atoms with van der Waals surface area (Å²) in [5.74, 6) is -0.816. The lowest BCUT2D eigenvalue weighted by molar-refractivity contribution is -0.141. The first-order valence-corrected chi connectivity index (χ1v) is 9.57. The molecule has 166 valence electrons. The average molecular weight is 436 g/mol. The Bertz CT molecular complexity index is 1090. The van der Waals surface area contributed by atoms with Crippen molar-refractivity contribution in [1.82, 2.24) is 14.8 Å². The Hall–Kier alpha value is -2.98. The Morgan fingerprint density at radius 1 is 1.26 bits per heavy atom. The molecule has 0 aliphatic carbocycles. The number of anilines is 1. The Kier molecular flexibility index (Phi) is 6.33. The lowest BCUT2D eigenvalue weighted by atomic mass is 9.95. The monoisotopic (exact) mass is 436 g/mol. The summed E-state index contributed by atoms with van der Waals surface area (Å²) < 4.78 is 45.5. The second-order valence-corrected chi connectivity index (χ2v) is 7.61. The highest BCUT2D eigenvalue weighted by Crippen LogP contribution is 2.32. The van der Waals surface area contributed by atoms with E-state index in [0.717, 1.165) is 18.6 Å². The molecule has 0 atom stereocenters. The molecule has 3 aromatic rings. The Morgan fingerprint density at radius 3 is 2.65 bits per heavy atom. The third-order valence-electron chi connectivity index (χ3n) is 4.61. The van der Waals surface area contributed by atoms with E-state index in [9.17, 15) is 23.1 Å². The van der Waals surface area contributed by atoms with Crippen LogP contribution in [0.2, 0.25) is 0 Å². The molecular formula is C21H23F3N4O3. The van der Waals surface area contributed by atoms with E-state index in [-0.39, 0.29) is 11.4 Å². The number of ether oxygens (including phenoxy) is 1. The summed E-state index contributed by atoms with van der Waals surface area (Å²) >= 11 is 0. The summed E-state index contributed by atoms with van der Waals surface area (Å²) in [6, 6.07) is 6.39. The van der Waals surface area contributed by atoms with Crippen molar-refractivity contribution in [3.8, 4) is 0 Å². The van der Waals surface area contributed by atoms with Gasteiger partial charge in [0.25, 0.3) is 5.91 Å². The molecule has 0 unspecified atom stereocenters.